The first-order valence-corrected chi connectivity index (χ1v) is 8.75. The molecule has 1 aliphatic heterocycles. The zero-order valence-corrected chi connectivity index (χ0v) is 15.3. The third-order valence-electron chi connectivity index (χ3n) is 4.50. The van der Waals surface area contributed by atoms with Gasteiger partial charge < -0.3 is 9.64 Å². The predicted octanol–water partition coefficient (Wildman–Crippen LogP) is 4.23. The molecule has 1 amide bonds. The number of Topliss-reactive ketones (excluding diaryl/α,β-unsaturated/α-hetero) is 1. The topological polar surface area (TPSA) is 46.6 Å². The second kappa shape index (κ2) is 7.37. The average molecular weight is 331 g/mol. The molecule has 1 aromatic carbocycles. The summed E-state index contributed by atoms with van der Waals surface area (Å²) in [5, 5.41) is 0. The lowest BCUT2D eigenvalue weighted by Gasteiger charge is -2.39. The molecule has 1 heterocycles. The van der Waals surface area contributed by atoms with Gasteiger partial charge >= 0.3 is 6.09 Å². The number of rotatable bonds is 4. The number of carbonyl (C=O) groups is 2. The fourth-order valence-electron chi connectivity index (χ4n) is 3.15. The first kappa shape index (κ1) is 18.5. The number of carbonyl (C=O) groups excluding carboxylic acids is 2. The lowest BCUT2D eigenvalue weighted by molar-refractivity contribution is -0.130. The van der Waals surface area contributed by atoms with Gasteiger partial charge in [-0.3, -0.25) is 4.79 Å². The average Bonchev–Trinajstić information content (AvgIpc) is 2.52. The molecule has 4 heteroatoms. The van der Waals surface area contributed by atoms with Crippen molar-refractivity contribution in [2.75, 3.05) is 13.1 Å². The molecule has 0 aromatic heterocycles. The van der Waals surface area contributed by atoms with Gasteiger partial charge in [0.05, 0.1) is 0 Å². The Hall–Kier alpha value is -1.84. The Morgan fingerprint density at radius 3 is 2.50 bits per heavy atom. The first-order chi connectivity index (χ1) is 11.2. The van der Waals surface area contributed by atoms with E-state index in [1.807, 2.05) is 58.0 Å². The molecule has 2 rings (SSSR count). The minimum absolute atomic E-state index is 0.236. The van der Waals surface area contributed by atoms with Gasteiger partial charge in [-0.25, -0.2) is 4.79 Å². The van der Waals surface area contributed by atoms with Crippen LogP contribution in [0.3, 0.4) is 0 Å². The highest BCUT2D eigenvalue weighted by Gasteiger charge is 2.39. The summed E-state index contributed by atoms with van der Waals surface area (Å²) in [7, 11) is 0. The van der Waals surface area contributed by atoms with E-state index in [-0.39, 0.29) is 11.9 Å². The summed E-state index contributed by atoms with van der Waals surface area (Å²) in [6, 6.07) is 10.1. The number of aryl methyl sites for hydroxylation is 1. The van der Waals surface area contributed by atoms with Crippen molar-refractivity contribution in [2.24, 2.45) is 5.41 Å². The number of piperidine rings is 1. The SMILES string of the molecule is CC(C)(C)OC(=O)N1CCCC(C)(C(=O)CCc2ccccc2)C1. The monoisotopic (exact) mass is 331 g/mol. The molecule has 0 radical (unpaired) electrons. The molecule has 4 nitrogen and oxygen atoms in total. The number of benzene rings is 1. The maximum absolute atomic E-state index is 12.8. The molecule has 1 saturated heterocycles. The molecular weight excluding hydrogens is 302 g/mol. The second-order valence-corrected chi connectivity index (χ2v) is 7.97. The van der Waals surface area contributed by atoms with Crippen LogP contribution in [-0.4, -0.2) is 35.5 Å². The van der Waals surface area contributed by atoms with Crippen LogP contribution < -0.4 is 0 Å². The number of hydrogen-bond donors (Lipinski definition) is 0. The van der Waals surface area contributed by atoms with Crippen molar-refractivity contribution < 1.29 is 14.3 Å². The summed E-state index contributed by atoms with van der Waals surface area (Å²) in [4.78, 5) is 26.8. The van der Waals surface area contributed by atoms with Crippen LogP contribution in [0.4, 0.5) is 4.79 Å². The summed E-state index contributed by atoms with van der Waals surface area (Å²) in [5.41, 5.74) is 0.195. The van der Waals surface area contributed by atoms with Gasteiger partial charge in [-0.05, 0) is 45.6 Å². The third-order valence-corrected chi connectivity index (χ3v) is 4.50. The highest BCUT2D eigenvalue weighted by Crippen LogP contribution is 2.32. The predicted molar refractivity (Wildman–Crippen MR) is 94.9 cm³/mol. The number of likely N-dealkylation sites (tertiary alicyclic amines) is 1. The van der Waals surface area contributed by atoms with Crippen LogP contribution in [0.1, 0.15) is 52.5 Å². The number of nitrogens with zero attached hydrogens (tertiary/aromatic N) is 1. The summed E-state index contributed by atoms with van der Waals surface area (Å²) < 4.78 is 5.46. The van der Waals surface area contributed by atoms with E-state index in [9.17, 15) is 9.59 Å². The Morgan fingerprint density at radius 2 is 1.88 bits per heavy atom. The van der Waals surface area contributed by atoms with Gasteiger partial charge in [0.1, 0.15) is 11.4 Å². The van der Waals surface area contributed by atoms with E-state index < -0.39 is 11.0 Å². The van der Waals surface area contributed by atoms with Gasteiger partial charge in [-0.15, -0.1) is 0 Å². The van der Waals surface area contributed by atoms with Crippen molar-refractivity contribution >= 4 is 11.9 Å². The Balaban J connectivity index is 1.95. The minimum Gasteiger partial charge on any atom is -0.444 e. The van der Waals surface area contributed by atoms with Gasteiger partial charge in [0, 0.05) is 24.9 Å². The van der Waals surface area contributed by atoms with Crippen molar-refractivity contribution in [3.63, 3.8) is 0 Å². The molecule has 1 unspecified atom stereocenters. The molecule has 1 aromatic rings. The molecule has 0 N–H and O–H groups in total. The highest BCUT2D eigenvalue weighted by molar-refractivity contribution is 5.85. The van der Waals surface area contributed by atoms with Crippen molar-refractivity contribution in [2.45, 2.75) is 59.0 Å². The number of amides is 1. The van der Waals surface area contributed by atoms with Crippen LogP contribution in [0.15, 0.2) is 30.3 Å². The quantitative estimate of drug-likeness (QED) is 0.829. The Kier molecular flexibility index (Phi) is 5.68. The van der Waals surface area contributed by atoms with Crippen molar-refractivity contribution in [3.05, 3.63) is 35.9 Å². The fraction of sp³-hybridized carbons (Fsp3) is 0.600. The van der Waals surface area contributed by atoms with Gasteiger partial charge in [-0.1, -0.05) is 37.3 Å². The minimum atomic E-state index is -0.512. The maximum atomic E-state index is 12.8. The molecule has 1 atom stereocenters. The van der Waals surface area contributed by atoms with Crippen LogP contribution in [0.2, 0.25) is 0 Å². The largest absolute Gasteiger partial charge is 0.444 e. The summed E-state index contributed by atoms with van der Waals surface area (Å²) >= 11 is 0. The van der Waals surface area contributed by atoms with Crippen molar-refractivity contribution in [1.29, 1.82) is 0 Å². The lowest BCUT2D eigenvalue weighted by Crippen LogP contribution is -2.49. The molecular formula is C20H29NO3. The molecule has 1 fully saturated rings. The van der Waals surface area contributed by atoms with Crippen LogP contribution in [0.25, 0.3) is 0 Å². The number of hydrogen-bond acceptors (Lipinski definition) is 3. The van der Waals surface area contributed by atoms with E-state index in [0.717, 1.165) is 19.3 Å². The molecule has 24 heavy (non-hydrogen) atoms. The van der Waals surface area contributed by atoms with Gasteiger partial charge in [-0.2, -0.15) is 0 Å². The fourth-order valence-corrected chi connectivity index (χ4v) is 3.15. The summed E-state index contributed by atoms with van der Waals surface area (Å²) in [6.07, 6.45) is 2.63. The standard InChI is InChI=1S/C20H29NO3/c1-19(2,3)24-18(23)21-14-8-13-20(4,15-21)17(22)12-11-16-9-6-5-7-10-16/h5-7,9-10H,8,11-15H2,1-4H3. The van der Waals surface area contributed by atoms with Crippen LogP contribution in [0.5, 0.6) is 0 Å². The molecule has 0 saturated carbocycles. The summed E-state index contributed by atoms with van der Waals surface area (Å²) in [6.45, 7) is 8.68. The van der Waals surface area contributed by atoms with Crippen LogP contribution >= 0.6 is 0 Å². The highest BCUT2D eigenvalue weighted by atomic mass is 16.6. The Labute approximate surface area is 145 Å². The number of ketones is 1. The second-order valence-electron chi connectivity index (χ2n) is 7.97. The van der Waals surface area contributed by atoms with Gasteiger partial charge in [0.2, 0.25) is 0 Å². The van der Waals surface area contributed by atoms with E-state index in [0.29, 0.717) is 19.5 Å². The zero-order chi connectivity index (χ0) is 17.8. The van der Waals surface area contributed by atoms with E-state index in [1.54, 1.807) is 4.90 Å². The maximum Gasteiger partial charge on any atom is 0.410 e. The van der Waals surface area contributed by atoms with E-state index in [2.05, 4.69) is 0 Å². The van der Waals surface area contributed by atoms with E-state index in [1.165, 1.54) is 5.56 Å². The first-order valence-electron chi connectivity index (χ1n) is 8.75. The van der Waals surface area contributed by atoms with E-state index >= 15 is 0 Å². The molecule has 1 aliphatic rings. The number of ether oxygens (including phenoxy) is 1. The molecule has 0 aliphatic carbocycles. The van der Waals surface area contributed by atoms with Crippen LogP contribution in [0, 0.1) is 5.41 Å². The summed E-state index contributed by atoms with van der Waals surface area (Å²) in [5.74, 6) is 0.236. The Bertz CT molecular complexity index is 576. The van der Waals surface area contributed by atoms with Crippen molar-refractivity contribution in [3.8, 4) is 0 Å². The van der Waals surface area contributed by atoms with Crippen LogP contribution in [-0.2, 0) is 16.0 Å². The third kappa shape index (κ3) is 5.08. The van der Waals surface area contributed by atoms with Crippen molar-refractivity contribution in [1.82, 2.24) is 4.90 Å². The van der Waals surface area contributed by atoms with E-state index in [4.69, 9.17) is 4.74 Å². The van der Waals surface area contributed by atoms with Gasteiger partial charge in [0.25, 0.3) is 0 Å². The lowest BCUT2D eigenvalue weighted by atomic mass is 9.76. The normalized spacial score (nSPS) is 21.4. The molecule has 0 spiro atoms. The zero-order valence-electron chi connectivity index (χ0n) is 15.3. The molecule has 0 bridgehead atoms. The Morgan fingerprint density at radius 1 is 1.21 bits per heavy atom. The molecule has 132 valence electrons. The van der Waals surface area contributed by atoms with Gasteiger partial charge in [0.15, 0.2) is 0 Å². The smallest absolute Gasteiger partial charge is 0.410 e.